The molecule has 0 spiro atoms. The number of anilines is 3. The molecule has 0 atom stereocenters. The van der Waals surface area contributed by atoms with Crippen LogP contribution in [-0.4, -0.2) is 25.5 Å². The minimum Gasteiger partial charge on any atom is -0.508 e. The number of para-hydroxylation sites is 1. The highest BCUT2D eigenvalue weighted by Gasteiger charge is 2.14. The second-order valence-corrected chi connectivity index (χ2v) is 6.52. The summed E-state index contributed by atoms with van der Waals surface area (Å²) in [5.41, 5.74) is 3.55. The first-order valence-corrected chi connectivity index (χ1v) is 9.00. The Kier molecular flexibility index (Phi) is 4.94. The third kappa shape index (κ3) is 4.24. The van der Waals surface area contributed by atoms with Crippen LogP contribution < -0.4 is 10.6 Å². The third-order valence-corrected chi connectivity index (χ3v) is 4.36. The first kappa shape index (κ1) is 18.2. The van der Waals surface area contributed by atoms with Gasteiger partial charge in [0.1, 0.15) is 11.4 Å². The molecule has 144 valence electrons. The number of rotatable bonds is 5. The van der Waals surface area contributed by atoms with Gasteiger partial charge in [-0.25, -0.2) is 9.97 Å². The number of phenols is 1. The molecule has 2 aromatic heterocycles. The largest absolute Gasteiger partial charge is 0.508 e. The molecule has 0 saturated heterocycles. The molecule has 29 heavy (non-hydrogen) atoms. The van der Waals surface area contributed by atoms with E-state index in [1.54, 1.807) is 48.3 Å². The Morgan fingerprint density at radius 3 is 2.38 bits per heavy atom. The lowest BCUT2D eigenvalue weighted by Gasteiger charge is -2.06. The van der Waals surface area contributed by atoms with Gasteiger partial charge in [0.2, 0.25) is 5.95 Å². The van der Waals surface area contributed by atoms with Crippen LogP contribution in [-0.2, 0) is 7.05 Å². The Morgan fingerprint density at radius 2 is 1.66 bits per heavy atom. The van der Waals surface area contributed by atoms with Crippen LogP contribution in [0.1, 0.15) is 10.5 Å². The lowest BCUT2D eigenvalue weighted by molar-refractivity contribution is 0.101. The standard InChI is InChI=1S/C22H19N5O2/c1-27-14-15(10-20(27)21(29)25-18-8-5-9-19(28)11-18)16-12-23-22(24-13-16)26-17-6-3-2-4-7-17/h2-14,28H,1H3,(H,25,29)(H,23,24,26). The van der Waals surface area contributed by atoms with Crippen LogP contribution in [0.5, 0.6) is 5.75 Å². The van der Waals surface area contributed by atoms with E-state index in [-0.39, 0.29) is 11.7 Å². The van der Waals surface area contributed by atoms with Gasteiger partial charge in [-0.2, -0.15) is 0 Å². The van der Waals surface area contributed by atoms with Crippen molar-refractivity contribution in [3.05, 3.63) is 84.9 Å². The SMILES string of the molecule is Cn1cc(-c2cnc(Nc3ccccc3)nc2)cc1C(=O)Nc1cccc(O)c1. The summed E-state index contributed by atoms with van der Waals surface area (Å²) in [6.45, 7) is 0. The number of benzene rings is 2. The first-order valence-electron chi connectivity index (χ1n) is 9.00. The van der Waals surface area contributed by atoms with Gasteiger partial charge in [-0.15, -0.1) is 0 Å². The minimum absolute atomic E-state index is 0.0942. The zero-order valence-electron chi connectivity index (χ0n) is 15.7. The molecule has 0 saturated carbocycles. The van der Waals surface area contributed by atoms with E-state index in [4.69, 9.17) is 0 Å². The lowest BCUT2D eigenvalue weighted by Crippen LogP contribution is -2.15. The Labute approximate surface area is 167 Å². The number of carbonyl (C=O) groups is 1. The molecule has 1 amide bonds. The Hall–Kier alpha value is -4.13. The Morgan fingerprint density at radius 1 is 0.931 bits per heavy atom. The summed E-state index contributed by atoms with van der Waals surface area (Å²) in [7, 11) is 1.80. The predicted octanol–water partition coefficient (Wildman–Crippen LogP) is 4.18. The third-order valence-electron chi connectivity index (χ3n) is 4.36. The molecule has 7 heteroatoms. The molecule has 2 aromatic carbocycles. The van der Waals surface area contributed by atoms with Gasteiger partial charge in [0.15, 0.2) is 0 Å². The summed E-state index contributed by atoms with van der Waals surface area (Å²) < 4.78 is 1.74. The van der Waals surface area contributed by atoms with Crippen LogP contribution >= 0.6 is 0 Å². The maximum atomic E-state index is 12.6. The van der Waals surface area contributed by atoms with E-state index in [1.807, 2.05) is 36.5 Å². The van der Waals surface area contributed by atoms with E-state index in [1.165, 1.54) is 6.07 Å². The van der Waals surface area contributed by atoms with Crippen LogP contribution in [0.4, 0.5) is 17.3 Å². The number of hydrogen-bond donors (Lipinski definition) is 3. The predicted molar refractivity (Wildman–Crippen MR) is 112 cm³/mol. The number of nitrogens with zero attached hydrogens (tertiary/aromatic N) is 3. The smallest absolute Gasteiger partial charge is 0.272 e. The highest BCUT2D eigenvalue weighted by atomic mass is 16.3. The molecule has 0 unspecified atom stereocenters. The maximum absolute atomic E-state index is 12.6. The summed E-state index contributed by atoms with van der Waals surface area (Å²) >= 11 is 0. The number of aromatic hydroxyl groups is 1. The number of nitrogens with one attached hydrogen (secondary N) is 2. The second kappa shape index (κ2) is 7.85. The molecule has 0 aliphatic rings. The zero-order valence-corrected chi connectivity index (χ0v) is 15.7. The van der Waals surface area contributed by atoms with Gasteiger partial charge in [0.05, 0.1) is 0 Å². The van der Waals surface area contributed by atoms with Crippen LogP contribution in [0.25, 0.3) is 11.1 Å². The highest BCUT2D eigenvalue weighted by Crippen LogP contribution is 2.23. The van der Waals surface area contributed by atoms with Crippen LogP contribution in [0.2, 0.25) is 0 Å². The minimum atomic E-state index is -0.271. The van der Waals surface area contributed by atoms with Crippen molar-refractivity contribution < 1.29 is 9.90 Å². The van der Waals surface area contributed by atoms with Gasteiger partial charge < -0.3 is 20.3 Å². The van der Waals surface area contributed by atoms with Crippen molar-refractivity contribution in [1.82, 2.24) is 14.5 Å². The average Bonchev–Trinajstić information content (AvgIpc) is 3.11. The van der Waals surface area contributed by atoms with Gasteiger partial charge in [-0.1, -0.05) is 24.3 Å². The number of aromatic nitrogens is 3. The van der Waals surface area contributed by atoms with Crippen LogP contribution in [0.15, 0.2) is 79.3 Å². The summed E-state index contributed by atoms with van der Waals surface area (Å²) in [6, 6.07) is 17.9. The van der Waals surface area contributed by atoms with E-state index in [0.717, 1.165) is 16.8 Å². The number of amides is 1. The van der Waals surface area contributed by atoms with Crippen molar-refractivity contribution in [2.75, 3.05) is 10.6 Å². The molecule has 0 aliphatic carbocycles. The van der Waals surface area contributed by atoms with E-state index >= 15 is 0 Å². The van der Waals surface area contributed by atoms with Gasteiger partial charge in [-0.05, 0) is 30.3 Å². The molecule has 0 bridgehead atoms. The van der Waals surface area contributed by atoms with Crippen molar-refractivity contribution >= 4 is 23.2 Å². The lowest BCUT2D eigenvalue weighted by atomic mass is 10.2. The molecule has 4 aromatic rings. The number of hydrogen-bond acceptors (Lipinski definition) is 5. The molecule has 0 fully saturated rings. The zero-order chi connectivity index (χ0) is 20.2. The second-order valence-electron chi connectivity index (χ2n) is 6.52. The summed E-state index contributed by atoms with van der Waals surface area (Å²) in [6.07, 6.45) is 5.27. The summed E-state index contributed by atoms with van der Waals surface area (Å²) in [4.78, 5) is 21.3. The monoisotopic (exact) mass is 385 g/mol. The molecule has 4 rings (SSSR count). The van der Waals surface area contributed by atoms with Gasteiger partial charge in [0.25, 0.3) is 5.91 Å². The molecule has 0 aliphatic heterocycles. The molecule has 0 radical (unpaired) electrons. The summed E-state index contributed by atoms with van der Waals surface area (Å²) in [5, 5.41) is 15.5. The Balaban J connectivity index is 1.50. The van der Waals surface area contributed by atoms with Gasteiger partial charge in [-0.3, -0.25) is 4.79 Å². The summed E-state index contributed by atoms with van der Waals surface area (Å²) in [5.74, 6) is 0.321. The van der Waals surface area contributed by atoms with Crippen molar-refractivity contribution in [3.8, 4) is 16.9 Å². The highest BCUT2D eigenvalue weighted by molar-refractivity contribution is 6.04. The van der Waals surface area contributed by atoms with Crippen molar-refractivity contribution in [2.45, 2.75) is 0 Å². The van der Waals surface area contributed by atoms with Gasteiger partial charge in [0, 0.05) is 54.2 Å². The fraction of sp³-hybridized carbons (Fsp3) is 0.0455. The van der Waals surface area contributed by atoms with E-state index in [9.17, 15) is 9.90 Å². The van der Waals surface area contributed by atoms with E-state index in [0.29, 0.717) is 17.3 Å². The van der Waals surface area contributed by atoms with Crippen molar-refractivity contribution in [3.63, 3.8) is 0 Å². The van der Waals surface area contributed by atoms with Crippen LogP contribution in [0, 0.1) is 0 Å². The van der Waals surface area contributed by atoms with Crippen LogP contribution in [0.3, 0.4) is 0 Å². The molecular weight excluding hydrogens is 366 g/mol. The molecule has 2 heterocycles. The van der Waals surface area contributed by atoms with Gasteiger partial charge >= 0.3 is 0 Å². The van der Waals surface area contributed by atoms with Crippen molar-refractivity contribution in [1.29, 1.82) is 0 Å². The van der Waals surface area contributed by atoms with Crippen molar-refractivity contribution in [2.24, 2.45) is 7.05 Å². The maximum Gasteiger partial charge on any atom is 0.272 e. The average molecular weight is 385 g/mol. The fourth-order valence-electron chi connectivity index (χ4n) is 2.92. The fourth-order valence-corrected chi connectivity index (χ4v) is 2.92. The molecular formula is C22H19N5O2. The quantitative estimate of drug-likeness (QED) is 0.479. The first-order chi connectivity index (χ1) is 14.1. The number of phenolic OH excluding ortho intramolecular Hbond substituents is 1. The number of carbonyl (C=O) groups excluding carboxylic acids is 1. The molecule has 7 nitrogen and oxygen atoms in total. The van der Waals surface area contributed by atoms with E-state index < -0.39 is 0 Å². The topological polar surface area (TPSA) is 92.1 Å². The normalized spacial score (nSPS) is 10.5. The number of aryl methyl sites for hydroxylation is 1. The Bertz CT molecular complexity index is 1140. The molecule has 3 N–H and O–H groups in total. The van der Waals surface area contributed by atoms with E-state index in [2.05, 4.69) is 20.6 Å².